The summed E-state index contributed by atoms with van der Waals surface area (Å²) in [7, 11) is 1.62. The molecular weight excluding hydrogens is 204 g/mol. The fourth-order valence-electron chi connectivity index (χ4n) is 1.06. The molecule has 0 saturated heterocycles. The Kier molecular flexibility index (Phi) is 5.49. The molecule has 0 atom stereocenters. The van der Waals surface area contributed by atoms with Crippen molar-refractivity contribution in [3.05, 3.63) is 0 Å². The lowest BCUT2D eigenvalue weighted by molar-refractivity contribution is 0.0968. The van der Waals surface area contributed by atoms with Gasteiger partial charge in [-0.15, -0.1) is 0 Å². The number of halogens is 2. The number of nitrogens with two attached hydrogens (primary N) is 1. The highest BCUT2D eigenvalue weighted by molar-refractivity contribution is 5.85. The molecule has 0 aliphatic heterocycles. The van der Waals surface area contributed by atoms with Crippen LogP contribution in [0.4, 0.5) is 8.78 Å². The van der Waals surface area contributed by atoms with Crippen LogP contribution in [0.5, 0.6) is 0 Å². The third-order valence-electron chi connectivity index (χ3n) is 2.37. The van der Waals surface area contributed by atoms with Crippen LogP contribution < -0.4 is 5.73 Å². The minimum Gasteiger partial charge on any atom is -0.409 e. The van der Waals surface area contributed by atoms with Crippen LogP contribution in [0.25, 0.3) is 0 Å². The van der Waals surface area contributed by atoms with Crippen molar-refractivity contribution in [2.24, 2.45) is 16.3 Å². The predicted molar refractivity (Wildman–Crippen MR) is 55.3 cm³/mol. The molecule has 0 aromatic rings. The van der Waals surface area contributed by atoms with E-state index in [-0.39, 0.29) is 12.4 Å². The third-order valence-corrected chi connectivity index (χ3v) is 2.37. The van der Waals surface area contributed by atoms with Gasteiger partial charge in [0.2, 0.25) is 0 Å². The van der Waals surface area contributed by atoms with Gasteiger partial charge in [-0.2, -0.15) is 0 Å². The quantitative estimate of drug-likeness (QED) is 0.309. The number of oxime groups is 1. The predicted octanol–water partition coefficient (Wildman–Crippen LogP) is 1.35. The Morgan fingerprint density at radius 1 is 1.53 bits per heavy atom. The SMILES string of the molecule is CN(CCC(C)(C)C(N)=NO)CC(F)F. The maximum atomic E-state index is 12.0. The van der Waals surface area contributed by atoms with Crippen LogP contribution >= 0.6 is 0 Å². The Labute approximate surface area is 88.7 Å². The van der Waals surface area contributed by atoms with E-state index in [1.165, 1.54) is 4.90 Å². The molecule has 4 nitrogen and oxygen atoms in total. The summed E-state index contributed by atoms with van der Waals surface area (Å²) in [5.74, 6) is 0.118. The van der Waals surface area contributed by atoms with Crippen molar-refractivity contribution in [2.75, 3.05) is 20.1 Å². The van der Waals surface area contributed by atoms with Crippen LogP contribution in [0, 0.1) is 5.41 Å². The lowest BCUT2D eigenvalue weighted by Gasteiger charge is -2.25. The van der Waals surface area contributed by atoms with E-state index < -0.39 is 11.8 Å². The molecule has 0 rings (SSSR count). The number of hydrogen-bond acceptors (Lipinski definition) is 3. The molecule has 3 N–H and O–H groups in total. The fraction of sp³-hybridized carbons (Fsp3) is 0.889. The molecule has 6 heteroatoms. The lowest BCUT2D eigenvalue weighted by atomic mass is 9.88. The third kappa shape index (κ3) is 5.51. The summed E-state index contributed by atoms with van der Waals surface area (Å²) < 4.78 is 24.0. The van der Waals surface area contributed by atoms with E-state index in [2.05, 4.69) is 5.16 Å². The molecule has 0 amide bonds. The summed E-state index contributed by atoms with van der Waals surface area (Å²) in [6.07, 6.45) is -1.77. The van der Waals surface area contributed by atoms with Gasteiger partial charge >= 0.3 is 0 Å². The van der Waals surface area contributed by atoms with Crippen LogP contribution in [0.1, 0.15) is 20.3 Å². The topological polar surface area (TPSA) is 61.8 Å². The van der Waals surface area contributed by atoms with Crippen molar-refractivity contribution in [1.29, 1.82) is 0 Å². The van der Waals surface area contributed by atoms with Gasteiger partial charge in [-0.25, -0.2) is 8.78 Å². The van der Waals surface area contributed by atoms with Crippen LogP contribution in [0.3, 0.4) is 0 Å². The van der Waals surface area contributed by atoms with E-state index in [1.54, 1.807) is 20.9 Å². The van der Waals surface area contributed by atoms with E-state index >= 15 is 0 Å². The minimum absolute atomic E-state index is 0.118. The first-order valence-electron chi connectivity index (χ1n) is 4.74. The molecule has 0 spiro atoms. The second kappa shape index (κ2) is 5.85. The average Bonchev–Trinajstić information content (AvgIpc) is 2.12. The normalized spacial score (nSPS) is 13.9. The number of hydrogen-bond donors (Lipinski definition) is 2. The molecular formula is C9H19F2N3O. The maximum Gasteiger partial charge on any atom is 0.251 e. The number of amidine groups is 1. The van der Waals surface area contributed by atoms with Crippen LogP contribution in [0.15, 0.2) is 5.16 Å². The van der Waals surface area contributed by atoms with Crippen molar-refractivity contribution in [3.8, 4) is 0 Å². The average molecular weight is 223 g/mol. The zero-order chi connectivity index (χ0) is 12.1. The van der Waals surface area contributed by atoms with Gasteiger partial charge in [0.25, 0.3) is 6.43 Å². The van der Waals surface area contributed by atoms with Gasteiger partial charge in [0.1, 0.15) is 5.84 Å². The monoisotopic (exact) mass is 223 g/mol. The minimum atomic E-state index is -2.33. The zero-order valence-corrected chi connectivity index (χ0v) is 9.37. The molecule has 0 radical (unpaired) electrons. The molecule has 0 heterocycles. The highest BCUT2D eigenvalue weighted by Gasteiger charge is 2.24. The van der Waals surface area contributed by atoms with E-state index in [4.69, 9.17) is 10.9 Å². The van der Waals surface area contributed by atoms with E-state index in [0.717, 1.165) is 0 Å². The second-order valence-corrected chi connectivity index (χ2v) is 4.27. The Morgan fingerprint density at radius 2 is 2.07 bits per heavy atom. The first kappa shape index (κ1) is 14.1. The molecule has 0 saturated carbocycles. The van der Waals surface area contributed by atoms with Gasteiger partial charge in [-0.05, 0) is 20.0 Å². The number of alkyl halides is 2. The molecule has 0 aliphatic carbocycles. The van der Waals surface area contributed by atoms with Crippen molar-refractivity contribution in [2.45, 2.75) is 26.7 Å². The molecule has 0 bridgehead atoms. The molecule has 0 aromatic carbocycles. The first-order chi connectivity index (χ1) is 6.79. The highest BCUT2D eigenvalue weighted by atomic mass is 19.3. The van der Waals surface area contributed by atoms with Gasteiger partial charge in [-0.3, -0.25) is 0 Å². The lowest BCUT2D eigenvalue weighted by Crippen LogP contribution is -2.36. The molecule has 15 heavy (non-hydrogen) atoms. The van der Waals surface area contributed by atoms with Crippen molar-refractivity contribution >= 4 is 5.84 Å². The van der Waals surface area contributed by atoms with E-state index in [9.17, 15) is 8.78 Å². The molecule has 0 fully saturated rings. The summed E-state index contributed by atoms with van der Waals surface area (Å²) in [6.45, 7) is 3.83. The van der Waals surface area contributed by atoms with Gasteiger partial charge in [0, 0.05) is 5.41 Å². The summed E-state index contributed by atoms with van der Waals surface area (Å²) >= 11 is 0. The molecule has 0 unspecified atom stereocenters. The maximum absolute atomic E-state index is 12.0. The van der Waals surface area contributed by atoms with E-state index in [1.807, 2.05) is 0 Å². The van der Waals surface area contributed by atoms with Crippen LogP contribution in [0.2, 0.25) is 0 Å². The Morgan fingerprint density at radius 3 is 2.47 bits per heavy atom. The summed E-state index contributed by atoms with van der Waals surface area (Å²) in [5.41, 5.74) is 4.99. The van der Waals surface area contributed by atoms with E-state index in [0.29, 0.717) is 13.0 Å². The number of rotatable bonds is 6. The first-order valence-corrected chi connectivity index (χ1v) is 4.74. The highest BCUT2D eigenvalue weighted by Crippen LogP contribution is 2.20. The molecule has 0 aromatic heterocycles. The second-order valence-electron chi connectivity index (χ2n) is 4.27. The van der Waals surface area contributed by atoms with Crippen molar-refractivity contribution < 1.29 is 14.0 Å². The van der Waals surface area contributed by atoms with Gasteiger partial charge in [0.05, 0.1) is 6.54 Å². The summed E-state index contributed by atoms with van der Waals surface area (Å²) in [4.78, 5) is 1.52. The Balaban J connectivity index is 4.04. The van der Waals surface area contributed by atoms with Crippen molar-refractivity contribution in [1.82, 2.24) is 4.90 Å². The Bertz CT molecular complexity index is 219. The summed E-state index contributed by atoms with van der Waals surface area (Å²) in [5, 5.41) is 11.4. The van der Waals surface area contributed by atoms with Gasteiger partial charge in [-0.1, -0.05) is 19.0 Å². The summed E-state index contributed by atoms with van der Waals surface area (Å²) in [6, 6.07) is 0. The molecule has 0 aliphatic rings. The Hall–Kier alpha value is -0.910. The fourth-order valence-corrected chi connectivity index (χ4v) is 1.06. The van der Waals surface area contributed by atoms with Gasteiger partial charge < -0.3 is 15.8 Å². The zero-order valence-electron chi connectivity index (χ0n) is 9.37. The van der Waals surface area contributed by atoms with Gasteiger partial charge in [0.15, 0.2) is 0 Å². The molecule has 90 valence electrons. The van der Waals surface area contributed by atoms with Crippen molar-refractivity contribution in [3.63, 3.8) is 0 Å². The largest absolute Gasteiger partial charge is 0.409 e. The number of nitrogens with zero attached hydrogens (tertiary/aromatic N) is 2. The standard InChI is InChI=1S/C9H19F2N3O/c1-9(2,8(12)13-15)4-5-14(3)6-7(10)11/h7,15H,4-6H2,1-3H3,(H2,12,13). The van der Waals surface area contributed by atoms with Crippen LogP contribution in [-0.4, -0.2) is 42.5 Å². The smallest absolute Gasteiger partial charge is 0.251 e. The van der Waals surface area contributed by atoms with Crippen LogP contribution in [-0.2, 0) is 0 Å².